The van der Waals surface area contributed by atoms with E-state index in [9.17, 15) is 13.2 Å². The van der Waals surface area contributed by atoms with Crippen LogP contribution in [0.15, 0.2) is 29.4 Å². The summed E-state index contributed by atoms with van der Waals surface area (Å²) in [5, 5.41) is 6.64. The first-order valence-corrected chi connectivity index (χ1v) is 13.7. The van der Waals surface area contributed by atoms with Crippen LogP contribution in [-0.4, -0.2) is 52.9 Å². The standard InChI is InChI=1S/C25H37N5O4S/c1-17-27-24(16-29(17)5)35(32,33)30-11-6-7-19(30)14-23(31)28-21-10-12-34-22-13-18(8-9-20(21)22)15-26-25(2,3)4/h8-9,13,16,19,21,26H,6-7,10-12,14-15H2,1-5H3,(H,28,31). The summed E-state index contributed by atoms with van der Waals surface area (Å²) in [5.41, 5.74) is 2.11. The third kappa shape index (κ3) is 5.87. The maximum absolute atomic E-state index is 13.2. The molecule has 192 valence electrons. The molecule has 35 heavy (non-hydrogen) atoms. The molecule has 2 aliphatic heterocycles. The van der Waals surface area contributed by atoms with Gasteiger partial charge in [-0.15, -0.1) is 0 Å². The minimum absolute atomic E-state index is 0.0181. The van der Waals surface area contributed by atoms with Gasteiger partial charge in [-0.3, -0.25) is 4.79 Å². The summed E-state index contributed by atoms with van der Waals surface area (Å²) in [7, 11) is -1.97. The predicted octanol–water partition coefficient (Wildman–Crippen LogP) is 2.80. The summed E-state index contributed by atoms with van der Waals surface area (Å²) in [4.78, 5) is 17.2. The summed E-state index contributed by atoms with van der Waals surface area (Å²) in [6.07, 6.45) is 3.73. The molecular formula is C25H37N5O4S. The Bertz CT molecular complexity index is 1170. The van der Waals surface area contributed by atoms with E-state index in [1.165, 1.54) is 10.5 Å². The first kappa shape index (κ1) is 25.7. The van der Waals surface area contributed by atoms with Gasteiger partial charge in [-0.2, -0.15) is 4.31 Å². The Kier molecular flexibility index (Phi) is 7.26. The van der Waals surface area contributed by atoms with Crippen molar-refractivity contribution in [3.63, 3.8) is 0 Å². The number of carbonyl (C=O) groups is 1. The molecule has 2 aliphatic rings. The van der Waals surface area contributed by atoms with E-state index in [1.807, 2.05) is 12.1 Å². The van der Waals surface area contributed by atoms with E-state index in [0.29, 0.717) is 31.8 Å². The van der Waals surface area contributed by atoms with E-state index >= 15 is 0 Å². The molecule has 0 spiro atoms. The second-order valence-electron chi connectivity index (χ2n) is 10.6. The molecule has 4 rings (SSSR count). The summed E-state index contributed by atoms with van der Waals surface area (Å²) in [6.45, 7) is 9.81. The largest absolute Gasteiger partial charge is 0.493 e. The molecule has 10 heteroatoms. The number of fused-ring (bicyclic) bond motifs is 1. The molecule has 1 fully saturated rings. The van der Waals surface area contributed by atoms with Crippen LogP contribution >= 0.6 is 0 Å². The highest BCUT2D eigenvalue weighted by molar-refractivity contribution is 7.89. The Balaban J connectivity index is 1.41. The first-order chi connectivity index (χ1) is 16.4. The Hall–Kier alpha value is -2.43. The van der Waals surface area contributed by atoms with Crippen LogP contribution in [0.3, 0.4) is 0 Å². The number of hydrogen-bond donors (Lipinski definition) is 2. The highest BCUT2D eigenvalue weighted by Crippen LogP contribution is 2.34. The molecule has 9 nitrogen and oxygen atoms in total. The number of hydrogen-bond acceptors (Lipinski definition) is 6. The Morgan fingerprint density at radius 2 is 2.03 bits per heavy atom. The number of sulfonamides is 1. The van der Waals surface area contributed by atoms with Gasteiger partial charge in [0, 0.05) is 56.3 Å². The maximum Gasteiger partial charge on any atom is 0.262 e. The van der Waals surface area contributed by atoms with Crippen LogP contribution in [0.25, 0.3) is 0 Å². The number of ether oxygens (including phenoxy) is 1. The van der Waals surface area contributed by atoms with Crippen molar-refractivity contribution in [1.82, 2.24) is 24.5 Å². The monoisotopic (exact) mass is 503 g/mol. The van der Waals surface area contributed by atoms with Gasteiger partial charge in [0.05, 0.1) is 12.6 Å². The van der Waals surface area contributed by atoms with Crippen molar-refractivity contribution in [2.24, 2.45) is 7.05 Å². The number of aromatic nitrogens is 2. The second-order valence-corrected chi connectivity index (χ2v) is 12.4. The first-order valence-electron chi connectivity index (χ1n) is 12.3. The van der Waals surface area contributed by atoms with Crippen molar-refractivity contribution < 1.29 is 17.9 Å². The summed E-state index contributed by atoms with van der Waals surface area (Å²) in [6, 6.07) is 5.60. The van der Waals surface area contributed by atoms with Gasteiger partial charge in [0.2, 0.25) is 5.91 Å². The topological polar surface area (TPSA) is 106 Å². The van der Waals surface area contributed by atoms with Crippen molar-refractivity contribution in [3.05, 3.63) is 41.3 Å². The second kappa shape index (κ2) is 9.91. The van der Waals surface area contributed by atoms with Crippen molar-refractivity contribution in [2.75, 3.05) is 13.2 Å². The van der Waals surface area contributed by atoms with Gasteiger partial charge < -0.3 is 19.9 Å². The molecule has 1 saturated heterocycles. The number of nitrogens with zero attached hydrogens (tertiary/aromatic N) is 3. The van der Waals surface area contributed by atoms with Crippen LogP contribution in [0.2, 0.25) is 0 Å². The zero-order valence-electron chi connectivity index (χ0n) is 21.3. The van der Waals surface area contributed by atoms with Gasteiger partial charge in [-0.05, 0) is 52.2 Å². The van der Waals surface area contributed by atoms with E-state index in [0.717, 1.165) is 29.8 Å². The average Bonchev–Trinajstić information content (AvgIpc) is 3.39. The number of nitrogens with one attached hydrogen (secondary N) is 2. The molecule has 2 unspecified atom stereocenters. The number of amides is 1. The fourth-order valence-electron chi connectivity index (χ4n) is 4.63. The van der Waals surface area contributed by atoms with Gasteiger partial charge in [0.1, 0.15) is 11.6 Å². The molecule has 2 aromatic rings. The van der Waals surface area contributed by atoms with E-state index < -0.39 is 10.0 Å². The molecule has 1 aromatic heterocycles. The Labute approximate surface area is 208 Å². The third-order valence-corrected chi connectivity index (χ3v) is 8.50. The maximum atomic E-state index is 13.2. The summed E-state index contributed by atoms with van der Waals surface area (Å²) < 4.78 is 35.4. The van der Waals surface area contributed by atoms with Crippen LogP contribution in [0.1, 0.15) is 69.4 Å². The molecule has 0 radical (unpaired) electrons. The lowest BCUT2D eigenvalue weighted by atomic mass is 9.98. The smallest absolute Gasteiger partial charge is 0.262 e. The average molecular weight is 504 g/mol. The van der Waals surface area contributed by atoms with E-state index in [2.05, 4.69) is 42.5 Å². The fraction of sp³-hybridized carbons (Fsp3) is 0.600. The molecule has 0 bridgehead atoms. The zero-order valence-corrected chi connectivity index (χ0v) is 22.1. The molecule has 2 atom stereocenters. The molecule has 1 aromatic carbocycles. The van der Waals surface area contributed by atoms with Gasteiger partial charge in [0.25, 0.3) is 10.0 Å². The van der Waals surface area contributed by atoms with Gasteiger partial charge in [0.15, 0.2) is 5.03 Å². The number of rotatable bonds is 7. The fourth-order valence-corrected chi connectivity index (χ4v) is 6.35. The van der Waals surface area contributed by atoms with E-state index in [1.54, 1.807) is 18.5 Å². The normalized spacial score (nSPS) is 20.9. The SMILES string of the molecule is Cc1nc(S(=O)(=O)N2CCCC2CC(=O)NC2CCOc3cc(CNC(C)(C)C)ccc32)cn1C. The zero-order chi connectivity index (χ0) is 25.4. The van der Waals surface area contributed by atoms with Crippen LogP contribution < -0.4 is 15.4 Å². The quantitative estimate of drug-likeness (QED) is 0.602. The van der Waals surface area contributed by atoms with Crippen LogP contribution in [0.5, 0.6) is 5.75 Å². The van der Waals surface area contributed by atoms with Gasteiger partial charge in [-0.1, -0.05) is 12.1 Å². The highest BCUT2D eigenvalue weighted by atomic mass is 32.2. The molecular weight excluding hydrogens is 466 g/mol. The minimum Gasteiger partial charge on any atom is -0.493 e. The molecule has 1 amide bonds. The lowest BCUT2D eigenvalue weighted by Crippen LogP contribution is -2.40. The van der Waals surface area contributed by atoms with Crippen molar-refractivity contribution in [3.8, 4) is 5.75 Å². The van der Waals surface area contributed by atoms with Crippen molar-refractivity contribution in [2.45, 2.75) is 82.6 Å². The highest BCUT2D eigenvalue weighted by Gasteiger charge is 2.38. The van der Waals surface area contributed by atoms with Gasteiger partial charge >= 0.3 is 0 Å². The van der Waals surface area contributed by atoms with Crippen molar-refractivity contribution in [1.29, 1.82) is 0 Å². The Morgan fingerprint density at radius 3 is 2.71 bits per heavy atom. The lowest BCUT2D eigenvalue weighted by Gasteiger charge is -2.29. The molecule has 0 aliphatic carbocycles. The minimum atomic E-state index is -3.74. The van der Waals surface area contributed by atoms with Crippen LogP contribution in [0.4, 0.5) is 0 Å². The number of imidazole rings is 1. The lowest BCUT2D eigenvalue weighted by molar-refractivity contribution is -0.122. The van der Waals surface area contributed by atoms with E-state index in [-0.39, 0.29) is 35.0 Å². The number of benzene rings is 1. The molecule has 2 N–H and O–H groups in total. The van der Waals surface area contributed by atoms with Crippen molar-refractivity contribution >= 4 is 15.9 Å². The number of carbonyl (C=O) groups excluding carboxylic acids is 1. The van der Waals surface area contributed by atoms with Gasteiger partial charge in [-0.25, -0.2) is 13.4 Å². The third-order valence-electron chi connectivity index (χ3n) is 6.68. The predicted molar refractivity (Wildman–Crippen MR) is 134 cm³/mol. The van der Waals surface area contributed by atoms with E-state index in [4.69, 9.17) is 4.74 Å². The summed E-state index contributed by atoms with van der Waals surface area (Å²) >= 11 is 0. The number of aryl methyl sites for hydroxylation is 2. The summed E-state index contributed by atoms with van der Waals surface area (Å²) in [5.74, 6) is 1.28. The molecule has 3 heterocycles. The van der Waals surface area contributed by atoms with Crippen LogP contribution in [0, 0.1) is 6.92 Å². The molecule has 0 saturated carbocycles. The Morgan fingerprint density at radius 1 is 1.26 bits per heavy atom. The van der Waals surface area contributed by atoms with Crippen LogP contribution in [-0.2, 0) is 28.4 Å².